The molecule has 0 aliphatic carbocycles. The summed E-state index contributed by atoms with van der Waals surface area (Å²) in [5, 5.41) is 4.70. The zero-order valence-electron chi connectivity index (χ0n) is 16.1. The van der Waals surface area contributed by atoms with Crippen molar-refractivity contribution in [2.24, 2.45) is 5.73 Å². The highest BCUT2D eigenvalue weighted by atomic mass is 16.5. The summed E-state index contributed by atoms with van der Waals surface area (Å²) in [6.07, 6.45) is 7.64. The van der Waals surface area contributed by atoms with E-state index in [0.717, 1.165) is 42.7 Å². The van der Waals surface area contributed by atoms with E-state index < -0.39 is 0 Å². The molecule has 2 aliphatic rings. The van der Waals surface area contributed by atoms with Gasteiger partial charge in [-0.2, -0.15) is 5.10 Å². The van der Waals surface area contributed by atoms with Gasteiger partial charge in [0.05, 0.1) is 24.9 Å². The predicted octanol–water partition coefficient (Wildman–Crippen LogP) is 0.687. The van der Waals surface area contributed by atoms with Crippen molar-refractivity contribution in [3.63, 3.8) is 0 Å². The van der Waals surface area contributed by atoms with Gasteiger partial charge in [-0.1, -0.05) is 0 Å². The Labute approximate surface area is 164 Å². The Hall–Kier alpha value is -2.10. The lowest BCUT2D eigenvalue weighted by Gasteiger charge is -2.23. The third kappa shape index (κ3) is 4.16. The highest BCUT2D eigenvalue weighted by Gasteiger charge is 2.31. The Bertz CT molecular complexity index is 804. The van der Waals surface area contributed by atoms with Crippen LogP contribution in [0.2, 0.25) is 0 Å². The number of amides is 1. The molecular formula is C19H28N6O3. The molecule has 0 spiro atoms. The lowest BCUT2D eigenvalue weighted by atomic mass is 10.0. The highest BCUT2D eigenvalue weighted by Crippen LogP contribution is 2.30. The molecule has 0 unspecified atom stereocenters. The van der Waals surface area contributed by atoms with Crippen LogP contribution < -0.4 is 5.73 Å². The van der Waals surface area contributed by atoms with E-state index in [1.807, 2.05) is 9.58 Å². The molecule has 4 heterocycles. The summed E-state index contributed by atoms with van der Waals surface area (Å²) in [6, 6.07) is 0. The van der Waals surface area contributed by atoms with Gasteiger partial charge in [0.25, 0.3) is 0 Å². The van der Waals surface area contributed by atoms with E-state index in [1.165, 1.54) is 6.42 Å². The Morgan fingerprint density at radius 2 is 2.18 bits per heavy atom. The van der Waals surface area contributed by atoms with E-state index in [9.17, 15) is 4.79 Å². The van der Waals surface area contributed by atoms with Crippen LogP contribution in [0.15, 0.2) is 12.4 Å². The summed E-state index contributed by atoms with van der Waals surface area (Å²) in [5.41, 5.74) is 8.16. The van der Waals surface area contributed by atoms with Crippen LogP contribution in [0.3, 0.4) is 0 Å². The molecule has 2 fully saturated rings. The number of hydrogen-bond donors (Lipinski definition) is 1. The number of ether oxygens (including phenoxy) is 2. The lowest BCUT2D eigenvalue weighted by Crippen LogP contribution is -2.33. The topological polar surface area (TPSA) is 108 Å². The van der Waals surface area contributed by atoms with Gasteiger partial charge in [0.1, 0.15) is 12.1 Å². The summed E-state index contributed by atoms with van der Waals surface area (Å²) in [4.78, 5) is 23.3. The first kappa shape index (κ1) is 19.2. The smallest absolute Gasteiger partial charge is 0.248 e. The van der Waals surface area contributed by atoms with E-state index in [0.29, 0.717) is 32.8 Å². The predicted molar refractivity (Wildman–Crippen MR) is 103 cm³/mol. The maximum absolute atomic E-state index is 12.5. The minimum atomic E-state index is 0.0232. The van der Waals surface area contributed by atoms with Crippen molar-refractivity contribution < 1.29 is 14.3 Å². The largest absolute Gasteiger partial charge is 0.376 e. The summed E-state index contributed by atoms with van der Waals surface area (Å²) in [6.45, 7) is 3.82. The molecule has 4 rings (SSSR count). The molecule has 28 heavy (non-hydrogen) atoms. The number of likely N-dealkylation sites (tertiary alicyclic amines) is 1. The molecule has 1 amide bonds. The maximum atomic E-state index is 12.5. The summed E-state index contributed by atoms with van der Waals surface area (Å²) in [7, 11) is 0. The van der Waals surface area contributed by atoms with Crippen LogP contribution in [0.1, 0.15) is 37.3 Å². The Balaban J connectivity index is 1.35. The van der Waals surface area contributed by atoms with Crippen LogP contribution >= 0.6 is 0 Å². The molecule has 2 aromatic rings. The number of aromatic nitrogens is 4. The highest BCUT2D eigenvalue weighted by molar-refractivity contribution is 5.78. The second-order valence-corrected chi connectivity index (χ2v) is 7.45. The molecule has 0 aromatic carbocycles. The fourth-order valence-electron chi connectivity index (χ4n) is 4.00. The molecule has 2 atom stereocenters. The Morgan fingerprint density at radius 3 is 3.00 bits per heavy atom. The number of nitrogens with two attached hydrogens (primary N) is 1. The summed E-state index contributed by atoms with van der Waals surface area (Å²) < 4.78 is 13.1. The third-order valence-electron chi connectivity index (χ3n) is 5.47. The number of fused-ring (bicyclic) bond motifs is 1. The van der Waals surface area contributed by atoms with Crippen LogP contribution in [-0.4, -0.2) is 76.1 Å². The van der Waals surface area contributed by atoms with E-state index in [-0.39, 0.29) is 24.5 Å². The average molecular weight is 388 g/mol. The van der Waals surface area contributed by atoms with Crippen molar-refractivity contribution in [3.8, 4) is 0 Å². The van der Waals surface area contributed by atoms with Gasteiger partial charge in [-0.3, -0.25) is 4.79 Å². The second kappa shape index (κ2) is 8.93. The molecule has 0 bridgehead atoms. The maximum Gasteiger partial charge on any atom is 0.248 e. The van der Waals surface area contributed by atoms with Crippen LogP contribution in [0, 0.1) is 0 Å². The first-order valence-electron chi connectivity index (χ1n) is 10.1. The zero-order valence-corrected chi connectivity index (χ0v) is 16.1. The molecule has 2 saturated heterocycles. The van der Waals surface area contributed by atoms with Crippen molar-refractivity contribution in [2.45, 2.75) is 44.2 Å². The van der Waals surface area contributed by atoms with Gasteiger partial charge in [-0.15, -0.1) is 0 Å². The number of carbonyl (C=O) groups excluding carboxylic acids is 1. The van der Waals surface area contributed by atoms with Crippen molar-refractivity contribution >= 4 is 17.1 Å². The quantitative estimate of drug-likeness (QED) is 0.743. The fraction of sp³-hybridized carbons (Fsp3) is 0.684. The van der Waals surface area contributed by atoms with Crippen molar-refractivity contribution in [2.75, 3.05) is 39.5 Å². The standard InChI is InChI=1S/C19H28N6O3/c20-5-9-25-19-18(21-6-7-22-19)17(23-25)14-4-8-24(11-14)16(26)13-27-12-15-3-1-2-10-28-15/h6-7,14-15H,1-5,8-13,20H2/t14-,15-/m0/s1. The van der Waals surface area contributed by atoms with Gasteiger partial charge in [0.2, 0.25) is 5.91 Å². The number of carbonyl (C=O) groups is 1. The van der Waals surface area contributed by atoms with Crippen LogP contribution in [0.4, 0.5) is 0 Å². The van der Waals surface area contributed by atoms with Crippen molar-refractivity contribution in [3.05, 3.63) is 18.1 Å². The first-order valence-corrected chi connectivity index (χ1v) is 10.1. The number of hydrogen-bond acceptors (Lipinski definition) is 7. The Kier molecular flexibility index (Phi) is 6.13. The van der Waals surface area contributed by atoms with Gasteiger partial charge in [-0.05, 0) is 25.7 Å². The van der Waals surface area contributed by atoms with Gasteiger partial charge in [-0.25, -0.2) is 14.6 Å². The van der Waals surface area contributed by atoms with Gasteiger partial charge < -0.3 is 20.1 Å². The van der Waals surface area contributed by atoms with E-state index in [2.05, 4.69) is 9.97 Å². The molecular weight excluding hydrogens is 360 g/mol. The third-order valence-corrected chi connectivity index (χ3v) is 5.47. The monoisotopic (exact) mass is 388 g/mol. The van der Waals surface area contributed by atoms with Crippen molar-refractivity contribution in [1.29, 1.82) is 0 Å². The molecule has 2 aromatic heterocycles. The molecule has 0 saturated carbocycles. The Morgan fingerprint density at radius 1 is 1.29 bits per heavy atom. The van der Waals surface area contributed by atoms with Crippen molar-refractivity contribution in [1.82, 2.24) is 24.6 Å². The molecule has 9 heteroatoms. The molecule has 2 aliphatic heterocycles. The summed E-state index contributed by atoms with van der Waals surface area (Å²) >= 11 is 0. The molecule has 9 nitrogen and oxygen atoms in total. The van der Waals surface area contributed by atoms with Gasteiger partial charge in [0.15, 0.2) is 5.65 Å². The molecule has 2 N–H and O–H groups in total. The van der Waals surface area contributed by atoms with Crippen LogP contribution in [0.25, 0.3) is 11.2 Å². The van der Waals surface area contributed by atoms with E-state index >= 15 is 0 Å². The average Bonchev–Trinajstić information content (AvgIpc) is 3.35. The van der Waals surface area contributed by atoms with Gasteiger partial charge >= 0.3 is 0 Å². The number of nitrogens with zero attached hydrogens (tertiary/aromatic N) is 5. The molecule has 0 radical (unpaired) electrons. The van der Waals surface area contributed by atoms with E-state index in [4.69, 9.17) is 20.3 Å². The molecule has 152 valence electrons. The lowest BCUT2D eigenvalue weighted by molar-refractivity contribution is -0.137. The van der Waals surface area contributed by atoms with Crippen LogP contribution in [-0.2, 0) is 20.8 Å². The minimum Gasteiger partial charge on any atom is -0.376 e. The number of rotatable bonds is 7. The minimum absolute atomic E-state index is 0.0232. The van der Waals surface area contributed by atoms with Crippen LogP contribution in [0.5, 0.6) is 0 Å². The summed E-state index contributed by atoms with van der Waals surface area (Å²) in [5.74, 6) is 0.180. The SMILES string of the molecule is NCCn1nc([C@H]2CCN(C(=O)COC[C@@H]3CCCCO3)C2)c2nccnc21. The second-order valence-electron chi connectivity index (χ2n) is 7.45. The zero-order chi connectivity index (χ0) is 19.3. The van der Waals surface area contributed by atoms with Gasteiger partial charge in [0, 0.05) is 44.6 Å². The fourth-order valence-corrected chi connectivity index (χ4v) is 4.00. The normalized spacial score (nSPS) is 22.8. The van der Waals surface area contributed by atoms with E-state index in [1.54, 1.807) is 12.4 Å². The first-order chi connectivity index (χ1) is 13.8.